The Balaban J connectivity index is 1.98. The molecule has 0 aliphatic rings. The molecule has 1 amide bonds. The molecule has 1 aromatic carbocycles. The maximum Gasteiger partial charge on any atom is 0.325 e. The number of anilines is 3. The summed E-state index contributed by atoms with van der Waals surface area (Å²) in [6.07, 6.45) is 3.14. The number of amides is 1. The van der Waals surface area contributed by atoms with E-state index in [1.54, 1.807) is 19.3 Å². The molecule has 4 N–H and O–H groups in total. The van der Waals surface area contributed by atoms with Crippen molar-refractivity contribution in [1.29, 1.82) is 5.26 Å². The summed E-state index contributed by atoms with van der Waals surface area (Å²) in [7, 11) is 1.58. The number of fused-ring (bicyclic) bond motifs is 1. The van der Waals surface area contributed by atoms with Crippen LogP contribution in [-0.2, 0) is 0 Å². The van der Waals surface area contributed by atoms with Crippen LogP contribution in [0.4, 0.5) is 22.0 Å². The number of hydrogen-bond acceptors (Lipinski definition) is 5. The Morgan fingerprint density at radius 1 is 1.35 bits per heavy atom. The molecule has 2 aromatic heterocycles. The molecule has 3 rings (SSSR count). The van der Waals surface area contributed by atoms with Gasteiger partial charge in [0.2, 0.25) is 0 Å². The summed E-state index contributed by atoms with van der Waals surface area (Å²) in [4.78, 5) is 15.7. The predicted octanol–water partition coefficient (Wildman–Crippen LogP) is 2.42. The average Bonchev–Trinajstić information content (AvgIpc) is 2.97. The van der Waals surface area contributed by atoms with Crippen molar-refractivity contribution in [3.8, 4) is 6.07 Å². The zero-order valence-electron chi connectivity index (χ0n) is 12.4. The first kappa shape index (κ1) is 14.4. The van der Waals surface area contributed by atoms with Gasteiger partial charge in [-0.2, -0.15) is 5.26 Å². The lowest BCUT2D eigenvalue weighted by molar-refractivity contribution is 0.245. The van der Waals surface area contributed by atoms with E-state index in [1.165, 1.54) is 10.8 Å². The first-order valence-electron chi connectivity index (χ1n) is 6.88. The van der Waals surface area contributed by atoms with Crippen molar-refractivity contribution >= 4 is 34.1 Å². The van der Waals surface area contributed by atoms with Gasteiger partial charge >= 0.3 is 6.03 Å². The molecule has 23 heavy (non-hydrogen) atoms. The molecule has 7 heteroatoms. The van der Waals surface area contributed by atoms with Crippen LogP contribution in [0.1, 0.15) is 5.56 Å². The number of hydrogen-bond donors (Lipinski definition) is 3. The van der Waals surface area contributed by atoms with Gasteiger partial charge in [0.05, 0.1) is 16.8 Å². The van der Waals surface area contributed by atoms with Gasteiger partial charge in [0.25, 0.3) is 0 Å². The predicted molar refractivity (Wildman–Crippen MR) is 88.4 cm³/mol. The van der Waals surface area contributed by atoms with E-state index in [-0.39, 0.29) is 6.03 Å². The van der Waals surface area contributed by atoms with E-state index in [0.29, 0.717) is 17.1 Å². The number of carbonyl (C=O) groups excluding carboxylic acids is 1. The van der Waals surface area contributed by atoms with Crippen molar-refractivity contribution in [2.75, 3.05) is 18.1 Å². The largest absolute Gasteiger partial charge is 0.384 e. The van der Waals surface area contributed by atoms with E-state index >= 15 is 0 Å². The van der Waals surface area contributed by atoms with Crippen LogP contribution in [0.15, 0.2) is 42.7 Å². The fourth-order valence-corrected chi connectivity index (χ4v) is 2.34. The number of nitrogens with two attached hydrogens (primary N) is 1. The van der Waals surface area contributed by atoms with Crippen molar-refractivity contribution in [2.24, 2.45) is 0 Å². The highest BCUT2D eigenvalue weighted by atomic mass is 16.2. The fraction of sp³-hybridized carbons (Fsp3) is 0.0625. The second-order valence-corrected chi connectivity index (χ2v) is 4.91. The first-order chi connectivity index (χ1) is 11.1. The minimum Gasteiger partial charge on any atom is -0.384 e. The normalized spacial score (nSPS) is 10.3. The molecule has 0 fully saturated rings. The van der Waals surface area contributed by atoms with Crippen molar-refractivity contribution in [3.63, 3.8) is 0 Å². The number of nitriles is 1. The molecular formula is C16H14N6O. The second-order valence-electron chi connectivity index (χ2n) is 4.91. The van der Waals surface area contributed by atoms with Gasteiger partial charge < -0.3 is 16.4 Å². The zero-order valence-corrected chi connectivity index (χ0v) is 12.4. The number of carbonyl (C=O) groups is 1. The molecule has 0 unspecified atom stereocenters. The summed E-state index contributed by atoms with van der Waals surface area (Å²) in [6, 6.07) is 10.9. The minimum absolute atomic E-state index is 0.200. The quantitative estimate of drug-likeness (QED) is 0.673. The molecule has 114 valence electrons. The Hall–Kier alpha value is -3.53. The lowest BCUT2D eigenvalue weighted by atomic mass is 10.2. The summed E-state index contributed by atoms with van der Waals surface area (Å²) in [5.74, 6) is 0.332. The van der Waals surface area contributed by atoms with Gasteiger partial charge in [0, 0.05) is 36.6 Å². The third-order valence-corrected chi connectivity index (χ3v) is 3.45. The summed E-state index contributed by atoms with van der Waals surface area (Å²) < 4.78 is 1.53. The van der Waals surface area contributed by atoms with Crippen molar-refractivity contribution in [1.82, 2.24) is 14.9 Å². The molecule has 0 bridgehead atoms. The summed E-state index contributed by atoms with van der Waals surface area (Å²) in [5, 5.41) is 15.8. The van der Waals surface area contributed by atoms with Gasteiger partial charge in [0.15, 0.2) is 0 Å². The molecule has 0 spiro atoms. The van der Waals surface area contributed by atoms with Gasteiger partial charge in [0.1, 0.15) is 11.9 Å². The van der Waals surface area contributed by atoms with E-state index in [4.69, 9.17) is 11.0 Å². The third kappa shape index (κ3) is 2.65. The molecule has 0 saturated heterocycles. The summed E-state index contributed by atoms with van der Waals surface area (Å²) in [5.41, 5.74) is 8.25. The lowest BCUT2D eigenvalue weighted by Gasteiger charge is -2.09. The molecule has 0 saturated carbocycles. The summed E-state index contributed by atoms with van der Waals surface area (Å²) in [6.45, 7) is 0. The molecule has 2 heterocycles. The van der Waals surface area contributed by atoms with Gasteiger partial charge in [-0.3, -0.25) is 4.57 Å². The smallest absolute Gasteiger partial charge is 0.325 e. The molecule has 0 radical (unpaired) electrons. The van der Waals surface area contributed by atoms with Gasteiger partial charge in [-0.15, -0.1) is 0 Å². The van der Waals surface area contributed by atoms with Gasteiger partial charge in [-0.25, -0.2) is 9.78 Å². The Labute approximate surface area is 132 Å². The number of nitrogens with zero attached hydrogens (tertiary/aromatic N) is 3. The Morgan fingerprint density at radius 3 is 2.91 bits per heavy atom. The zero-order chi connectivity index (χ0) is 16.4. The standard InChI is InChI=1S/C16H14N6O/c1-19-16(23)22-5-4-10-6-12(2-3-14(10)22)21-13-7-15(18)20-9-11(13)8-17/h2-7,9H,1H3,(H,19,23)(H3,18,20,21). The van der Waals surface area contributed by atoms with Crippen LogP contribution in [0, 0.1) is 11.3 Å². The maximum absolute atomic E-state index is 11.8. The number of nitrogens with one attached hydrogen (secondary N) is 2. The molecular weight excluding hydrogens is 292 g/mol. The lowest BCUT2D eigenvalue weighted by Crippen LogP contribution is -2.23. The van der Waals surface area contributed by atoms with Gasteiger partial charge in [-0.1, -0.05) is 0 Å². The fourth-order valence-electron chi connectivity index (χ4n) is 2.34. The highest BCUT2D eigenvalue weighted by Gasteiger charge is 2.09. The average molecular weight is 306 g/mol. The second kappa shape index (κ2) is 5.69. The topological polar surface area (TPSA) is 109 Å². The molecule has 0 aliphatic heterocycles. The Morgan fingerprint density at radius 2 is 2.17 bits per heavy atom. The highest BCUT2D eigenvalue weighted by Crippen LogP contribution is 2.25. The SMILES string of the molecule is CNC(=O)n1ccc2cc(Nc3cc(N)ncc3C#N)ccc21. The van der Waals surface area contributed by atoms with E-state index in [9.17, 15) is 4.79 Å². The third-order valence-electron chi connectivity index (χ3n) is 3.45. The van der Waals surface area contributed by atoms with Crippen molar-refractivity contribution in [3.05, 3.63) is 48.3 Å². The summed E-state index contributed by atoms with van der Waals surface area (Å²) >= 11 is 0. The van der Waals surface area contributed by atoms with Crippen molar-refractivity contribution in [2.45, 2.75) is 0 Å². The number of rotatable bonds is 2. The number of nitrogen functional groups attached to an aromatic ring is 1. The van der Waals surface area contributed by atoms with Crippen LogP contribution >= 0.6 is 0 Å². The van der Waals surface area contributed by atoms with E-state index < -0.39 is 0 Å². The van der Waals surface area contributed by atoms with Crippen LogP contribution in [0.2, 0.25) is 0 Å². The van der Waals surface area contributed by atoms with Crippen molar-refractivity contribution < 1.29 is 4.79 Å². The highest BCUT2D eigenvalue weighted by molar-refractivity contribution is 5.93. The minimum atomic E-state index is -0.200. The molecule has 0 aliphatic carbocycles. The number of aromatic nitrogens is 2. The van der Waals surface area contributed by atoms with Crippen LogP contribution in [0.5, 0.6) is 0 Å². The van der Waals surface area contributed by atoms with E-state index in [1.807, 2.05) is 24.3 Å². The molecule has 7 nitrogen and oxygen atoms in total. The Bertz CT molecular complexity index is 937. The molecule has 3 aromatic rings. The van der Waals surface area contributed by atoms with E-state index in [0.717, 1.165) is 16.6 Å². The number of benzene rings is 1. The maximum atomic E-state index is 11.8. The van der Waals surface area contributed by atoms with Gasteiger partial charge in [-0.05, 0) is 24.3 Å². The van der Waals surface area contributed by atoms with E-state index in [2.05, 4.69) is 21.7 Å². The monoisotopic (exact) mass is 306 g/mol. The molecule has 0 atom stereocenters. The van der Waals surface area contributed by atoms with Crippen LogP contribution in [0.3, 0.4) is 0 Å². The Kier molecular flexibility index (Phi) is 3.57. The number of pyridine rings is 1. The first-order valence-corrected chi connectivity index (χ1v) is 6.88. The van der Waals surface area contributed by atoms with Crippen LogP contribution in [0.25, 0.3) is 10.9 Å². The van der Waals surface area contributed by atoms with Crippen LogP contribution < -0.4 is 16.4 Å². The van der Waals surface area contributed by atoms with Crippen LogP contribution in [-0.4, -0.2) is 22.6 Å².